The quantitative estimate of drug-likeness (QED) is 0.147. The Kier molecular flexibility index (Phi) is 6.94. The number of para-hydroxylation sites is 1. The molecule has 4 N–H and O–H groups in total. The zero-order chi connectivity index (χ0) is 31.2. The normalized spacial score (nSPS) is 20.6. The molecule has 2 heterocycles. The summed E-state index contributed by atoms with van der Waals surface area (Å²) in [6.45, 7) is 0. The number of anilines is 3. The summed E-state index contributed by atoms with van der Waals surface area (Å²) in [7, 11) is 0. The van der Waals surface area contributed by atoms with E-state index in [0.717, 1.165) is 11.4 Å². The van der Waals surface area contributed by atoms with Crippen molar-refractivity contribution in [2.24, 2.45) is 0 Å². The number of hydrogen-bond acceptors (Lipinski definition) is 5. The molecular formula is C42H35N5. The summed E-state index contributed by atoms with van der Waals surface area (Å²) in [5, 5.41) is 20.3. The van der Waals surface area contributed by atoms with Gasteiger partial charge in [0.2, 0.25) is 0 Å². The predicted octanol–water partition coefficient (Wildman–Crippen LogP) is 9.43. The fraction of sp³-hybridized carbons (Fsp3) is 0.0952. The van der Waals surface area contributed by atoms with E-state index in [1.54, 1.807) is 0 Å². The molecule has 5 heteroatoms. The van der Waals surface area contributed by atoms with E-state index < -0.39 is 0 Å². The third-order valence-electron chi connectivity index (χ3n) is 9.54. The molecule has 5 nitrogen and oxygen atoms in total. The highest BCUT2D eigenvalue weighted by atomic mass is 15.4. The van der Waals surface area contributed by atoms with Gasteiger partial charge in [-0.05, 0) is 62.7 Å². The number of benzene rings is 7. The first-order chi connectivity index (χ1) is 23.3. The SMILES string of the molecule is c1ccc(C2NC(c3ccccc3)NC(c3ccc4c(ccc5ccc6c(c54)N(c4ccccc4)C(c4ccccc4)N6)c3)N2)cc1. The van der Waals surface area contributed by atoms with Gasteiger partial charge < -0.3 is 10.2 Å². The number of nitrogens with zero attached hydrogens (tertiary/aromatic N) is 1. The van der Waals surface area contributed by atoms with Crippen LogP contribution in [0.3, 0.4) is 0 Å². The van der Waals surface area contributed by atoms with Crippen molar-refractivity contribution in [2.75, 3.05) is 10.2 Å². The highest BCUT2D eigenvalue weighted by Gasteiger charge is 2.34. The molecule has 0 aromatic heterocycles. The average Bonchev–Trinajstić information content (AvgIpc) is 3.56. The predicted molar refractivity (Wildman–Crippen MR) is 193 cm³/mol. The Bertz CT molecular complexity index is 2120. The molecule has 2 aliphatic rings. The van der Waals surface area contributed by atoms with Crippen molar-refractivity contribution in [2.45, 2.75) is 24.7 Å². The number of rotatable bonds is 5. The fourth-order valence-corrected chi connectivity index (χ4v) is 7.29. The zero-order valence-corrected chi connectivity index (χ0v) is 25.8. The molecule has 0 spiro atoms. The van der Waals surface area contributed by atoms with E-state index in [0.29, 0.717) is 0 Å². The average molecular weight is 610 g/mol. The monoisotopic (exact) mass is 609 g/mol. The van der Waals surface area contributed by atoms with Crippen molar-refractivity contribution >= 4 is 38.6 Å². The second-order valence-electron chi connectivity index (χ2n) is 12.4. The summed E-state index contributed by atoms with van der Waals surface area (Å²) < 4.78 is 0. The van der Waals surface area contributed by atoms with E-state index in [1.807, 2.05) is 0 Å². The van der Waals surface area contributed by atoms with Crippen LogP contribution in [-0.2, 0) is 0 Å². The summed E-state index contributed by atoms with van der Waals surface area (Å²) in [6.07, 6.45) is -0.0906. The highest BCUT2D eigenvalue weighted by Crippen LogP contribution is 2.51. The maximum atomic E-state index is 3.86. The minimum Gasteiger partial charge on any atom is -0.359 e. The van der Waals surface area contributed by atoms with Gasteiger partial charge >= 0.3 is 0 Å². The maximum absolute atomic E-state index is 3.86. The lowest BCUT2D eigenvalue weighted by molar-refractivity contribution is 0.203. The van der Waals surface area contributed by atoms with Gasteiger partial charge in [-0.3, -0.25) is 16.0 Å². The smallest absolute Gasteiger partial charge is 0.130 e. The maximum Gasteiger partial charge on any atom is 0.130 e. The third kappa shape index (κ3) is 5.02. The van der Waals surface area contributed by atoms with Gasteiger partial charge in [-0.25, -0.2) is 0 Å². The van der Waals surface area contributed by atoms with E-state index in [-0.39, 0.29) is 24.7 Å². The number of nitrogens with one attached hydrogen (secondary N) is 4. The molecule has 47 heavy (non-hydrogen) atoms. The topological polar surface area (TPSA) is 51.4 Å². The molecule has 0 saturated carbocycles. The second kappa shape index (κ2) is 11.7. The number of hydrogen-bond donors (Lipinski definition) is 4. The van der Waals surface area contributed by atoms with Crippen LogP contribution < -0.4 is 26.2 Å². The van der Waals surface area contributed by atoms with E-state index in [9.17, 15) is 0 Å². The van der Waals surface area contributed by atoms with Gasteiger partial charge in [0.05, 0.1) is 29.9 Å². The summed E-state index contributed by atoms with van der Waals surface area (Å²) in [6, 6.07) is 58.6. The van der Waals surface area contributed by atoms with Crippen molar-refractivity contribution in [3.8, 4) is 0 Å². The Morgan fingerprint density at radius 1 is 0.426 bits per heavy atom. The van der Waals surface area contributed by atoms with Crippen molar-refractivity contribution in [3.63, 3.8) is 0 Å². The van der Waals surface area contributed by atoms with E-state index in [1.165, 1.54) is 49.5 Å². The van der Waals surface area contributed by atoms with Crippen LogP contribution in [0.4, 0.5) is 17.1 Å². The Morgan fingerprint density at radius 2 is 0.936 bits per heavy atom. The summed E-state index contributed by atoms with van der Waals surface area (Å²) in [4.78, 5) is 2.46. The molecule has 3 unspecified atom stereocenters. The summed E-state index contributed by atoms with van der Waals surface area (Å²) in [5.41, 5.74) is 8.38. The molecule has 2 aliphatic heterocycles. The summed E-state index contributed by atoms with van der Waals surface area (Å²) >= 11 is 0. The van der Waals surface area contributed by atoms with Gasteiger partial charge in [-0.2, -0.15) is 0 Å². The molecule has 7 aromatic rings. The third-order valence-corrected chi connectivity index (χ3v) is 9.54. The molecule has 0 aliphatic carbocycles. The van der Waals surface area contributed by atoms with Crippen molar-refractivity contribution in [3.05, 3.63) is 186 Å². The van der Waals surface area contributed by atoms with Crippen LogP contribution in [0.25, 0.3) is 21.5 Å². The molecule has 9 rings (SSSR count). The first-order valence-electron chi connectivity index (χ1n) is 16.3. The molecule has 3 atom stereocenters. The highest BCUT2D eigenvalue weighted by molar-refractivity contribution is 6.18. The molecule has 1 fully saturated rings. The van der Waals surface area contributed by atoms with Crippen molar-refractivity contribution in [1.29, 1.82) is 0 Å². The van der Waals surface area contributed by atoms with Crippen LogP contribution in [0.15, 0.2) is 164 Å². The van der Waals surface area contributed by atoms with Gasteiger partial charge in [0, 0.05) is 11.1 Å². The molecule has 0 amide bonds. The van der Waals surface area contributed by atoms with Crippen molar-refractivity contribution < 1.29 is 0 Å². The van der Waals surface area contributed by atoms with Gasteiger partial charge in [0.25, 0.3) is 0 Å². The lowest BCUT2D eigenvalue weighted by Crippen LogP contribution is -2.54. The van der Waals surface area contributed by atoms with Gasteiger partial charge in [-0.1, -0.05) is 140 Å². The van der Waals surface area contributed by atoms with Gasteiger partial charge in [0.15, 0.2) is 0 Å². The molecule has 1 saturated heterocycles. The Morgan fingerprint density at radius 3 is 1.55 bits per heavy atom. The van der Waals surface area contributed by atoms with Crippen LogP contribution in [0.5, 0.6) is 0 Å². The van der Waals surface area contributed by atoms with Crippen molar-refractivity contribution in [1.82, 2.24) is 16.0 Å². The van der Waals surface area contributed by atoms with Crippen LogP contribution in [-0.4, -0.2) is 0 Å². The van der Waals surface area contributed by atoms with E-state index in [4.69, 9.17) is 0 Å². The second-order valence-corrected chi connectivity index (χ2v) is 12.4. The van der Waals surface area contributed by atoms with Crippen LogP contribution >= 0.6 is 0 Å². The molecular weight excluding hydrogens is 574 g/mol. The zero-order valence-electron chi connectivity index (χ0n) is 25.8. The Labute approximate surface area is 274 Å². The Balaban J connectivity index is 1.16. The largest absolute Gasteiger partial charge is 0.359 e. The van der Waals surface area contributed by atoms with E-state index in [2.05, 4.69) is 190 Å². The number of fused-ring (bicyclic) bond motifs is 5. The van der Waals surface area contributed by atoms with Gasteiger partial charge in [-0.15, -0.1) is 0 Å². The molecule has 0 radical (unpaired) electrons. The van der Waals surface area contributed by atoms with Gasteiger partial charge in [0.1, 0.15) is 6.17 Å². The summed E-state index contributed by atoms with van der Waals surface area (Å²) in [5.74, 6) is 0. The fourth-order valence-electron chi connectivity index (χ4n) is 7.29. The standard InChI is InChI=1S/C42H35N5/c1-5-13-29(14-6-1)39-44-40(30-15-7-2-8-16-30)46-41(45-39)33-23-25-35-32(27-33)22-21-28-24-26-36-38(37(28)35)47(34-19-11-4-12-20-34)42(43-36)31-17-9-3-10-18-31/h1-27,39-46H. The first kappa shape index (κ1) is 27.8. The molecule has 228 valence electrons. The van der Waals surface area contributed by atoms with Crippen LogP contribution in [0, 0.1) is 0 Å². The van der Waals surface area contributed by atoms with E-state index >= 15 is 0 Å². The lowest BCUT2D eigenvalue weighted by atomic mass is 9.96. The van der Waals surface area contributed by atoms with Crippen LogP contribution in [0.1, 0.15) is 46.9 Å². The first-order valence-corrected chi connectivity index (χ1v) is 16.3. The van der Waals surface area contributed by atoms with Crippen LogP contribution in [0.2, 0.25) is 0 Å². The minimum absolute atomic E-state index is 0.0105. The molecule has 0 bridgehead atoms. The Hall–Kier alpha value is -5.46. The molecule has 7 aromatic carbocycles. The lowest BCUT2D eigenvalue weighted by Gasteiger charge is -2.39. The minimum atomic E-state index is -0.0572.